The Morgan fingerprint density at radius 3 is 2.38 bits per heavy atom. The van der Waals surface area contributed by atoms with Crippen LogP contribution in [-0.4, -0.2) is 18.3 Å². The Bertz CT molecular complexity index is 228. The summed E-state index contributed by atoms with van der Waals surface area (Å²) in [7, 11) is 0. The molecular formula is C10H16ClNO. The molecule has 0 aromatic heterocycles. The van der Waals surface area contributed by atoms with Gasteiger partial charge in [-0.25, -0.2) is 0 Å². The van der Waals surface area contributed by atoms with E-state index < -0.39 is 0 Å². The molecule has 3 heteroatoms. The highest BCUT2D eigenvalue weighted by molar-refractivity contribution is 6.31. The van der Waals surface area contributed by atoms with Crippen molar-refractivity contribution in [3.05, 3.63) is 34.9 Å². The minimum Gasteiger partial charge on any atom is -0.397 e. The second-order valence-corrected chi connectivity index (χ2v) is 2.85. The van der Waals surface area contributed by atoms with Crippen LogP contribution in [0.5, 0.6) is 0 Å². The monoisotopic (exact) mass is 201 g/mol. The largest absolute Gasteiger partial charge is 0.397 e. The molecule has 0 atom stereocenters. The Balaban J connectivity index is 0.000000424. The lowest BCUT2D eigenvalue weighted by Gasteiger charge is -1.99. The van der Waals surface area contributed by atoms with Crippen molar-refractivity contribution in [2.75, 3.05) is 13.2 Å². The number of rotatable bonds is 2. The first kappa shape index (κ1) is 12.4. The molecular weight excluding hydrogens is 186 g/mol. The Morgan fingerprint density at radius 1 is 1.38 bits per heavy atom. The average Bonchev–Trinajstić information content (AvgIpc) is 2.11. The number of aliphatic hydroxyl groups is 1. The van der Waals surface area contributed by atoms with Gasteiger partial charge in [0.25, 0.3) is 0 Å². The fraction of sp³-hybridized carbons (Fsp3) is 0.400. The SMILES string of the molecule is CCO.NCCc1ccccc1Cl. The second kappa shape index (κ2) is 8.05. The van der Waals surface area contributed by atoms with Gasteiger partial charge in [0.15, 0.2) is 0 Å². The van der Waals surface area contributed by atoms with Gasteiger partial charge in [0.2, 0.25) is 0 Å². The summed E-state index contributed by atoms with van der Waals surface area (Å²) < 4.78 is 0. The molecule has 1 aromatic rings. The van der Waals surface area contributed by atoms with Crippen LogP contribution in [0.3, 0.4) is 0 Å². The molecule has 1 aromatic carbocycles. The number of halogens is 1. The van der Waals surface area contributed by atoms with Crippen LogP contribution in [0.1, 0.15) is 12.5 Å². The van der Waals surface area contributed by atoms with E-state index in [-0.39, 0.29) is 6.61 Å². The topological polar surface area (TPSA) is 46.2 Å². The van der Waals surface area contributed by atoms with E-state index in [2.05, 4.69) is 0 Å². The maximum Gasteiger partial charge on any atom is 0.0438 e. The van der Waals surface area contributed by atoms with Crippen molar-refractivity contribution in [2.45, 2.75) is 13.3 Å². The van der Waals surface area contributed by atoms with Crippen LogP contribution >= 0.6 is 11.6 Å². The van der Waals surface area contributed by atoms with Gasteiger partial charge in [-0.2, -0.15) is 0 Å². The molecule has 0 fully saturated rings. The number of benzene rings is 1. The molecule has 0 unspecified atom stereocenters. The molecule has 0 radical (unpaired) electrons. The van der Waals surface area contributed by atoms with Crippen LogP contribution < -0.4 is 5.73 Å². The third-order valence-corrected chi connectivity index (χ3v) is 1.74. The van der Waals surface area contributed by atoms with Crippen LogP contribution in [0.15, 0.2) is 24.3 Å². The van der Waals surface area contributed by atoms with Crippen LogP contribution in [0.2, 0.25) is 5.02 Å². The normalized spacial score (nSPS) is 8.92. The van der Waals surface area contributed by atoms with Crippen LogP contribution in [0.4, 0.5) is 0 Å². The van der Waals surface area contributed by atoms with Crippen molar-refractivity contribution in [2.24, 2.45) is 5.73 Å². The van der Waals surface area contributed by atoms with Gasteiger partial charge in [-0.3, -0.25) is 0 Å². The van der Waals surface area contributed by atoms with E-state index in [1.165, 1.54) is 0 Å². The van der Waals surface area contributed by atoms with Crippen molar-refractivity contribution >= 4 is 11.6 Å². The number of aliphatic hydroxyl groups excluding tert-OH is 1. The molecule has 0 aliphatic heterocycles. The second-order valence-electron chi connectivity index (χ2n) is 2.45. The summed E-state index contributed by atoms with van der Waals surface area (Å²) in [5.74, 6) is 0. The fourth-order valence-electron chi connectivity index (χ4n) is 0.857. The van der Waals surface area contributed by atoms with Gasteiger partial charge in [0.05, 0.1) is 0 Å². The number of nitrogens with two attached hydrogens (primary N) is 1. The zero-order chi connectivity index (χ0) is 10.1. The van der Waals surface area contributed by atoms with Crippen LogP contribution in [0, 0.1) is 0 Å². The van der Waals surface area contributed by atoms with Crippen molar-refractivity contribution in [3.63, 3.8) is 0 Å². The maximum absolute atomic E-state index is 7.57. The summed E-state index contributed by atoms with van der Waals surface area (Å²) in [5.41, 5.74) is 6.50. The summed E-state index contributed by atoms with van der Waals surface area (Å²) >= 11 is 5.85. The molecule has 0 spiro atoms. The van der Waals surface area contributed by atoms with E-state index >= 15 is 0 Å². The fourth-order valence-corrected chi connectivity index (χ4v) is 1.09. The van der Waals surface area contributed by atoms with Crippen LogP contribution in [-0.2, 0) is 6.42 Å². The molecule has 0 heterocycles. The molecule has 0 bridgehead atoms. The Labute approximate surface area is 84.3 Å². The first-order valence-electron chi connectivity index (χ1n) is 4.30. The summed E-state index contributed by atoms with van der Waals surface area (Å²) in [6, 6.07) is 7.76. The predicted molar refractivity (Wildman–Crippen MR) is 57.0 cm³/mol. The van der Waals surface area contributed by atoms with Gasteiger partial charge in [0, 0.05) is 11.6 Å². The third kappa shape index (κ3) is 5.64. The lowest BCUT2D eigenvalue weighted by Crippen LogP contribution is -2.02. The zero-order valence-electron chi connectivity index (χ0n) is 7.83. The van der Waals surface area contributed by atoms with E-state index in [1.807, 2.05) is 24.3 Å². The highest BCUT2D eigenvalue weighted by atomic mass is 35.5. The minimum absolute atomic E-state index is 0.250. The van der Waals surface area contributed by atoms with Crippen molar-refractivity contribution in [1.29, 1.82) is 0 Å². The Hall–Kier alpha value is -0.570. The molecule has 2 nitrogen and oxygen atoms in total. The van der Waals surface area contributed by atoms with Crippen molar-refractivity contribution in [1.82, 2.24) is 0 Å². The van der Waals surface area contributed by atoms with Gasteiger partial charge in [-0.15, -0.1) is 0 Å². The molecule has 0 saturated heterocycles. The van der Waals surface area contributed by atoms with Gasteiger partial charge in [-0.1, -0.05) is 29.8 Å². The van der Waals surface area contributed by atoms with E-state index in [9.17, 15) is 0 Å². The summed E-state index contributed by atoms with van der Waals surface area (Å²) in [5, 5.41) is 8.38. The maximum atomic E-state index is 7.57. The smallest absolute Gasteiger partial charge is 0.0438 e. The van der Waals surface area contributed by atoms with Gasteiger partial charge < -0.3 is 10.8 Å². The average molecular weight is 202 g/mol. The molecule has 0 saturated carbocycles. The highest BCUT2D eigenvalue weighted by Gasteiger charge is 1.94. The van der Waals surface area contributed by atoms with Crippen LogP contribution in [0.25, 0.3) is 0 Å². The summed E-state index contributed by atoms with van der Waals surface area (Å²) in [6.07, 6.45) is 0.861. The number of hydrogen-bond donors (Lipinski definition) is 2. The summed E-state index contributed by atoms with van der Waals surface area (Å²) in [6.45, 7) is 2.59. The minimum atomic E-state index is 0.250. The number of hydrogen-bond acceptors (Lipinski definition) is 2. The highest BCUT2D eigenvalue weighted by Crippen LogP contribution is 2.14. The first-order chi connectivity index (χ1) is 6.26. The predicted octanol–water partition coefficient (Wildman–Crippen LogP) is 1.84. The first-order valence-corrected chi connectivity index (χ1v) is 4.68. The lowest BCUT2D eigenvalue weighted by atomic mass is 10.1. The summed E-state index contributed by atoms with van der Waals surface area (Å²) in [4.78, 5) is 0. The quantitative estimate of drug-likeness (QED) is 0.767. The molecule has 0 aliphatic rings. The molecule has 0 amide bonds. The third-order valence-electron chi connectivity index (χ3n) is 1.37. The molecule has 0 aliphatic carbocycles. The van der Waals surface area contributed by atoms with E-state index in [1.54, 1.807) is 6.92 Å². The molecule has 74 valence electrons. The Kier molecular flexibility index (Phi) is 7.69. The molecule has 3 N–H and O–H groups in total. The van der Waals surface area contributed by atoms with E-state index in [4.69, 9.17) is 22.4 Å². The standard InChI is InChI=1S/C8H10ClN.C2H6O/c9-8-4-2-1-3-7(8)5-6-10;1-2-3/h1-4H,5-6,10H2;3H,2H2,1H3. The van der Waals surface area contributed by atoms with Gasteiger partial charge in [0.1, 0.15) is 0 Å². The zero-order valence-corrected chi connectivity index (χ0v) is 8.59. The Morgan fingerprint density at radius 2 is 1.92 bits per heavy atom. The van der Waals surface area contributed by atoms with Gasteiger partial charge >= 0.3 is 0 Å². The van der Waals surface area contributed by atoms with E-state index in [0.717, 1.165) is 17.0 Å². The molecule has 1 rings (SSSR count). The van der Waals surface area contributed by atoms with Gasteiger partial charge in [-0.05, 0) is 31.5 Å². The van der Waals surface area contributed by atoms with Crippen molar-refractivity contribution in [3.8, 4) is 0 Å². The molecule has 13 heavy (non-hydrogen) atoms. The van der Waals surface area contributed by atoms with E-state index in [0.29, 0.717) is 6.54 Å². The van der Waals surface area contributed by atoms with Crippen molar-refractivity contribution < 1.29 is 5.11 Å². The lowest BCUT2D eigenvalue weighted by molar-refractivity contribution is 0.318.